The number of hydrogen-bond donors (Lipinski definition) is 1. The Morgan fingerprint density at radius 2 is 1.85 bits per heavy atom. The number of nitrogens with one attached hydrogen (secondary N) is 1. The first kappa shape index (κ1) is 26.0. The number of halogens is 1. The maximum atomic E-state index is 13.0. The second kappa shape index (κ2) is 12.7. The topological polar surface area (TPSA) is 134 Å². The molecule has 33 heavy (non-hydrogen) atoms. The van der Waals surface area contributed by atoms with Gasteiger partial charge in [0.25, 0.3) is 5.69 Å². The Kier molecular flexibility index (Phi) is 10.0. The third kappa shape index (κ3) is 6.62. The number of dihydropyridines is 1. The van der Waals surface area contributed by atoms with Gasteiger partial charge in [-0.3, -0.25) is 14.9 Å². The molecule has 1 aliphatic rings. The van der Waals surface area contributed by atoms with Crippen LogP contribution >= 0.6 is 11.6 Å². The number of rotatable bonds is 12. The van der Waals surface area contributed by atoms with Crippen molar-refractivity contribution in [2.45, 2.75) is 26.2 Å². The van der Waals surface area contributed by atoms with Crippen molar-refractivity contribution >= 4 is 35.5 Å². The van der Waals surface area contributed by atoms with Crippen molar-refractivity contribution < 1.29 is 33.5 Å². The van der Waals surface area contributed by atoms with Crippen molar-refractivity contribution in [2.24, 2.45) is 0 Å². The number of ether oxygens (including phenoxy) is 3. The molecule has 0 saturated heterocycles. The van der Waals surface area contributed by atoms with Gasteiger partial charge in [-0.1, -0.05) is 19.1 Å². The molecule has 1 aromatic rings. The summed E-state index contributed by atoms with van der Waals surface area (Å²) < 4.78 is 15.7. The van der Waals surface area contributed by atoms with Crippen LogP contribution in [-0.4, -0.2) is 55.5 Å². The van der Waals surface area contributed by atoms with Gasteiger partial charge in [-0.25, -0.2) is 9.59 Å². The zero-order chi connectivity index (χ0) is 24.4. The summed E-state index contributed by atoms with van der Waals surface area (Å²) in [7, 11) is 0. The SMILES string of the molecule is CCCOCCOC(=O)C1=C(C=O)NC(C)=C(C(=O)OCCCl)C1c1cccc([N+](=O)[O-])c1. The molecule has 1 unspecified atom stereocenters. The van der Waals surface area contributed by atoms with Crippen molar-refractivity contribution in [3.8, 4) is 0 Å². The van der Waals surface area contributed by atoms with Crippen molar-refractivity contribution in [1.29, 1.82) is 0 Å². The van der Waals surface area contributed by atoms with Crippen LogP contribution in [0.3, 0.4) is 0 Å². The van der Waals surface area contributed by atoms with Gasteiger partial charge in [0, 0.05) is 24.4 Å². The molecule has 10 nitrogen and oxygen atoms in total. The van der Waals surface area contributed by atoms with Crippen LogP contribution in [0, 0.1) is 10.1 Å². The quantitative estimate of drug-likeness (QED) is 0.120. The van der Waals surface area contributed by atoms with E-state index in [-0.39, 0.29) is 59.5 Å². The maximum absolute atomic E-state index is 13.0. The van der Waals surface area contributed by atoms with E-state index in [9.17, 15) is 24.5 Å². The summed E-state index contributed by atoms with van der Waals surface area (Å²) in [4.78, 5) is 48.4. The Bertz CT molecular complexity index is 973. The Morgan fingerprint density at radius 3 is 2.48 bits per heavy atom. The molecule has 1 atom stereocenters. The average Bonchev–Trinajstić information content (AvgIpc) is 2.81. The lowest BCUT2D eigenvalue weighted by atomic mass is 9.80. The second-order valence-corrected chi connectivity index (χ2v) is 7.35. The highest BCUT2D eigenvalue weighted by molar-refractivity contribution is 6.18. The van der Waals surface area contributed by atoms with Crippen LogP contribution in [0.5, 0.6) is 0 Å². The van der Waals surface area contributed by atoms with E-state index in [0.29, 0.717) is 12.9 Å². The minimum atomic E-state index is -1.14. The van der Waals surface area contributed by atoms with Crippen LogP contribution in [0.25, 0.3) is 0 Å². The molecule has 0 fully saturated rings. The molecule has 0 amide bonds. The standard InChI is InChI=1S/C22H25ClN2O8/c1-3-8-31-10-11-33-22(28)20-17(13-26)24-14(2)18(21(27)32-9-7-23)19(20)15-5-4-6-16(12-15)25(29)30/h4-6,12-13,19,24H,3,7-11H2,1-2H3. The molecule has 0 bridgehead atoms. The molecule has 0 aromatic heterocycles. The number of carbonyl (C=O) groups excluding carboxylic acids is 3. The van der Waals surface area contributed by atoms with Gasteiger partial charge in [-0.2, -0.15) is 0 Å². The number of nitro groups is 1. The number of benzene rings is 1. The van der Waals surface area contributed by atoms with E-state index in [1.165, 1.54) is 31.2 Å². The predicted molar refractivity (Wildman–Crippen MR) is 119 cm³/mol. The fourth-order valence-corrected chi connectivity index (χ4v) is 3.40. The molecule has 11 heteroatoms. The molecular weight excluding hydrogens is 456 g/mol. The van der Waals surface area contributed by atoms with E-state index in [1.807, 2.05) is 6.92 Å². The van der Waals surface area contributed by atoms with Crippen LogP contribution in [0.2, 0.25) is 0 Å². The molecule has 178 valence electrons. The van der Waals surface area contributed by atoms with Crippen LogP contribution in [0.1, 0.15) is 31.7 Å². The van der Waals surface area contributed by atoms with Gasteiger partial charge in [-0.15, -0.1) is 11.6 Å². The molecule has 1 aliphatic heterocycles. The van der Waals surface area contributed by atoms with Crippen LogP contribution in [0.15, 0.2) is 46.8 Å². The zero-order valence-electron chi connectivity index (χ0n) is 18.3. The van der Waals surface area contributed by atoms with Gasteiger partial charge in [-0.05, 0) is 18.9 Å². The number of carbonyl (C=O) groups is 3. The van der Waals surface area contributed by atoms with Crippen LogP contribution in [-0.2, 0) is 28.6 Å². The number of non-ortho nitro benzene ring substituents is 1. The lowest BCUT2D eigenvalue weighted by Gasteiger charge is -2.29. The van der Waals surface area contributed by atoms with E-state index < -0.39 is 22.8 Å². The summed E-state index contributed by atoms with van der Waals surface area (Å²) in [5.74, 6) is -2.73. The van der Waals surface area contributed by atoms with Crippen molar-refractivity contribution in [3.63, 3.8) is 0 Å². The fraction of sp³-hybridized carbons (Fsp3) is 0.409. The van der Waals surface area contributed by atoms with Gasteiger partial charge >= 0.3 is 11.9 Å². The van der Waals surface area contributed by atoms with E-state index in [2.05, 4.69) is 5.32 Å². The van der Waals surface area contributed by atoms with Crippen molar-refractivity contribution in [2.75, 3.05) is 32.3 Å². The number of allylic oxidation sites excluding steroid dienone is 2. The Labute approximate surface area is 195 Å². The Hall–Kier alpha value is -3.24. The summed E-state index contributed by atoms with van der Waals surface area (Å²) in [6.45, 7) is 3.95. The first-order valence-corrected chi connectivity index (χ1v) is 10.8. The van der Waals surface area contributed by atoms with Crippen molar-refractivity contribution in [3.05, 3.63) is 62.5 Å². The number of esters is 2. The second-order valence-electron chi connectivity index (χ2n) is 6.97. The Morgan fingerprint density at radius 1 is 1.15 bits per heavy atom. The smallest absolute Gasteiger partial charge is 0.337 e. The lowest BCUT2D eigenvalue weighted by Crippen LogP contribution is -2.34. The summed E-state index contributed by atoms with van der Waals surface area (Å²) in [5, 5.41) is 14.1. The summed E-state index contributed by atoms with van der Waals surface area (Å²) in [6, 6.07) is 5.46. The molecule has 0 radical (unpaired) electrons. The van der Waals surface area contributed by atoms with Crippen LogP contribution < -0.4 is 5.32 Å². The molecule has 0 aliphatic carbocycles. The molecule has 1 N–H and O–H groups in total. The van der Waals surface area contributed by atoms with E-state index in [0.717, 1.165) is 6.42 Å². The maximum Gasteiger partial charge on any atom is 0.337 e. The largest absolute Gasteiger partial charge is 0.461 e. The van der Waals surface area contributed by atoms with E-state index in [1.54, 1.807) is 0 Å². The highest BCUT2D eigenvalue weighted by Gasteiger charge is 2.39. The molecular formula is C22H25ClN2O8. The molecule has 1 aromatic carbocycles. The predicted octanol–water partition coefficient (Wildman–Crippen LogP) is 2.76. The normalized spacial score (nSPS) is 15.7. The summed E-state index contributed by atoms with van der Waals surface area (Å²) >= 11 is 5.62. The fourth-order valence-electron chi connectivity index (χ4n) is 3.32. The average molecular weight is 481 g/mol. The number of alkyl halides is 1. The van der Waals surface area contributed by atoms with Gasteiger partial charge in [0.15, 0.2) is 6.29 Å². The summed E-state index contributed by atoms with van der Waals surface area (Å²) in [5.41, 5.74) is 0.0000908. The third-order valence-corrected chi connectivity index (χ3v) is 4.84. The highest BCUT2D eigenvalue weighted by atomic mass is 35.5. The van der Waals surface area contributed by atoms with Gasteiger partial charge < -0.3 is 19.5 Å². The van der Waals surface area contributed by atoms with E-state index >= 15 is 0 Å². The molecule has 1 heterocycles. The first-order valence-electron chi connectivity index (χ1n) is 10.2. The van der Waals surface area contributed by atoms with Crippen molar-refractivity contribution in [1.82, 2.24) is 5.32 Å². The minimum absolute atomic E-state index is 0.0143. The highest BCUT2D eigenvalue weighted by Crippen LogP contribution is 2.39. The number of nitro benzene ring substituents is 1. The number of hydrogen-bond acceptors (Lipinski definition) is 9. The number of aldehydes is 1. The third-order valence-electron chi connectivity index (χ3n) is 4.69. The van der Waals surface area contributed by atoms with Gasteiger partial charge in [0.1, 0.15) is 13.2 Å². The minimum Gasteiger partial charge on any atom is -0.461 e. The van der Waals surface area contributed by atoms with Gasteiger partial charge in [0.2, 0.25) is 0 Å². The van der Waals surface area contributed by atoms with E-state index in [4.69, 9.17) is 25.8 Å². The van der Waals surface area contributed by atoms with Gasteiger partial charge in [0.05, 0.1) is 40.2 Å². The number of nitrogens with zero attached hydrogens (tertiary/aromatic N) is 1. The summed E-state index contributed by atoms with van der Waals surface area (Å²) in [6.07, 6.45) is 1.23. The molecule has 0 saturated carbocycles. The Balaban J connectivity index is 2.53. The molecule has 2 rings (SSSR count). The van der Waals surface area contributed by atoms with Crippen LogP contribution in [0.4, 0.5) is 5.69 Å². The molecule has 0 spiro atoms. The lowest BCUT2D eigenvalue weighted by molar-refractivity contribution is -0.384. The monoisotopic (exact) mass is 480 g/mol. The zero-order valence-corrected chi connectivity index (χ0v) is 19.1. The first-order chi connectivity index (χ1) is 15.8.